The largest absolute Gasteiger partial charge is 0.481 e. The fraction of sp³-hybridized carbons (Fsp3) is 0.185. The molecule has 7 heteroatoms. The molecule has 1 N–H and O–H groups in total. The molecule has 0 fully saturated rings. The van der Waals surface area contributed by atoms with Crippen molar-refractivity contribution < 1.29 is 14.3 Å². The Morgan fingerprint density at radius 2 is 1.71 bits per heavy atom. The van der Waals surface area contributed by atoms with E-state index in [9.17, 15) is 19.1 Å². The number of carboxylic acids is 1. The number of fused-ring (bicyclic) bond motifs is 2. The monoisotopic (exact) mass is 457 g/mol. The van der Waals surface area contributed by atoms with Crippen molar-refractivity contribution in [1.82, 2.24) is 13.7 Å². The fourth-order valence-electron chi connectivity index (χ4n) is 4.95. The number of nitrogens with zero attached hydrogens (tertiary/aromatic N) is 3. The summed E-state index contributed by atoms with van der Waals surface area (Å²) >= 11 is 0. The molecule has 0 spiro atoms. The maximum atomic E-state index is 14.0. The minimum atomic E-state index is -1.07. The van der Waals surface area contributed by atoms with Crippen LogP contribution in [0.25, 0.3) is 21.9 Å². The standard InChI is InChI=1S/C27H24FN3O3/c1-17-7-5-12-23-26(17)19(15-29(23)2)16-30-21-10-3-4-11-22(21)31(27(30)34)24(14-25(32)33)18-8-6-9-20(28)13-18/h3-13,15,24H,14,16H2,1-2H3,(H,32,33). The lowest BCUT2D eigenvalue weighted by molar-refractivity contribution is -0.137. The van der Waals surface area contributed by atoms with Gasteiger partial charge in [0.05, 0.1) is 30.0 Å². The summed E-state index contributed by atoms with van der Waals surface area (Å²) in [6, 6.07) is 18.4. The maximum absolute atomic E-state index is 14.0. The molecule has 0 saturated heterocycles. The van der Waals surface area contributed by atoms with Crippen molar-refractivity contribution in [2.24, 2.45) is 7.05 Å². The van der Waals surface area contributed by atoms with Crippen molar-refractivity contribution in [3.05, 3.63) is 106 Å². The highest BCUT2D eigenvalue weighted by Gasteiger charge is 2.25. The van der Waals surface area contributed by atoms with E-state index in [1.165, 1.54) is 22.8 Å². The van der Waals surface area contributed by atoms with Crippen molar-refractivity contribution in [3.63, 3.8) is 0 Å². The average Bonchev–Trinajstić information content (AvgIpc) is 3.27. The van der Waals surface area contributed by atoms with Crippen LogP contribution in [0.4, 0.5) is 4.39 Å². The van der Waals surface area contributed by atoms with Crippen LogP contribution in [0, 0.1) is 12.7 Å². The van der Waals surface area contributed by atoms with Crippen molar-refractivity contribution in [2.45, 2.75) is 25.9 Å². The summed E-state index contributed by atoms with van der Waals surface area (Å²) in [4.78, 5) is 25.6. The van der Waals surface area contributed by atoms with E-state index in [0.717, 1.165) is 22.0 Å². The van der Waals surface area contributed by atoms with Gasteiger partial charge in [0.1, 0.15) is 5.82 Å². The molecule has 0 bridgehead atoms. The van der Waals surface area contributed by atoms with Crippen molar-refractivity contribution in [2.75, 3.05) is 0 Å². The lowest BCUT2D eigenvalue weighted by Crippen LogP contribution is -2.29. The average molecular weight is 458 g/mol. The smallest absolute Gasteiger partial charge is 0.330 e. The van der Waals surface area contributed by atoms with Crippen LogP contribution in [0.15, 0.2) is 77.7 Å². The van der Waals surface area contributed by atoms with Crippen molar-refractivity contribution in [1.29, 1.82) is 0 Å². The highest BCUT2D eigenvalue weighted by atomic mass is 19.1. The van der Waals surface area contributed by atoms with Crippen LogP contribution >= 0.6 is 0 Å². The minimum absolute atomic E-state index is 0.331. The van der Waals surface area contributed by atoms with Crippen LogP contribution < -0.4 is 5.69 Å². The van der Waals surface area contributed by atoms with Gasteiger partial charge in [0.15, 0.2) is 0 Å². The molecule has 1 atom stereocenters. The number of hydrogen-bond donors (Lipinski definition) is 1. The molecule has 0 radical (unpaired) electrons. The van der Waals surface area contributed by atoms with E-state index in [4.69, 9.17) is 0 Å². The molecule has 172 valence electrons. The SMILES string of the molecule is Cc1cccc2c1c(Cn1c(=O)n(C(CC(=O)O)c3cccc(F)c3)c3ccccc31)cn2C. The molecule has 0 saturated carbocycles. The number of aromatic nitrogens is 3. The molecule has 5 aromatic rings. The molecule has 5 rings (SSSR count). The molecule has 1 unspecified atom stereocenters. The highest BCUT2D eigenvalue weighted by Crippen LogP contribution is 2.29. The predicted molar refractivity (Wildman–Crippen MR) is 130 cm³/mol. The lowest BCUT2D eigenvalue weighted by atomic mass is 10.0. The van der Waals surface area contributed by atoms with Crippen molar-refractivity contribution in [3.8, 4) is 0 Å². The number of imidazole rings is 1. The second kappa shape index (κ2) is 8.33. The third-order valence-corrected chi connectivity index (χ3v) is 6.41. The van der Waals surface area contributed by atoms with E-state index in [-0.39, 0.29) is 12.1 Å². The number of rotatable bonds is 6. The molecule has 0 amide bonds. The number of carboxylic acid groups (broad SMARTS) is 1. The first kappa shape index (κ1) is 21.7. The number of halogens is 1. The zero-order valence-electron chi connectivity index (χ0n) is 18.9. The van der Waals surface area contributed by atoms with Crippen LogP contribution in [-0.4, -0.2) is 24.8 Å². The zero-order chi connectivity index (χ0) is 24.0. The number of benzene rings is 3. The van der Waals surface area contributed by atoms with E-state index in [1.54, 1.807) is 16.7 Å². The summed E-state index contributed by atoms with van der Waals surface area (Å²) in [6.45, 7) is 2.38. The summed E-state index contributed by atoms with van der Waals surface area (Å²) in [7, 11) is 1.98. The summed E-state index contributed by atoms with van der Waals surface area (Å²) in [5.74, 6) is -1.54. The Morgan fingerprint density at radius 3 is 2.44 bits per heavy atom. The molecule has 2 heterocycles. The number of hydrogen-bond acceptors (Lipinski definition) is 2. The van der Waals surface area contributed by atoms with E-state index in [0.29, 0.717) is 23.1 Å². The Hall–Kier alpha value is -4.13. The molecule has 0 aliphatic heterocycles. The van der Waals surface area contributed by atoms with Gasteiger partial charge in [-0.05, 0) is 53.9 Å². The third-order valence-electron chi connectivity index (χ3n) is 6.41. The normalized spacial score (nSPS) is 12.4. The quantitative estimate of drug-likeness (QED) is 0.396. The molecule has 0 aliphatic rings. The van der Waals surface area contributed by atoms with Gasteiger partial charge >= 0.3 is 11.7 Å². The number of para-hydroxylation sites is 2. The lowest BCUT2D eigenvalue weighted by Gasteiger charge is -2.17. The maximum Gasteiger partial charge on any atom is 0.330 e. The summed E-state index contributed by atoms with van der Waals surface area (Å²) in [5, 5.41) is 10.7. The first-order valence-electron chi connectivity index (χ1n) is 11.1. The third kappa shape index (κ3) is 3.59. The van der Waals surface area contributed by atoms with Gasteiger partial charge in [-0.2, -0.15) is 0 Å². The number of carbonyl (C=O) groups is 1. The van der Waals surface area contributed by atoms with Crippen molar-refractivity contribution >= 4 is 27.9 Å². The second-order valence-electron chi connectivity index (χ2n) is 8.63. The van der Waals surface area contributed by atoms with E-state index in [2.05, 4.69) is 0 Å². The predicted octanol–water partition coefficient (Wildman–Crippen LogP) is 4.85. The van der Waals surface area contributed by atoms with Crippen LogP contribution in [0.3, 0.4) is 0 Å². The Labute approximate surface area is 195 Å². The molecular formula is C27H24FN3O3. The van der Waals surface area contributed by atoms with Gasteiger partial charge in [0, 0.05) is 24.1 Å². The Balaban J connectivity index is 1.73. The van der Waals surface area contributed by atoms with Gasteiger partial charge in [0.25, 0.3) is 0 Å². The van der Waals surface area contributed by atoms with Crippen LogP contribution in [0.1, 0.15) is 29.2 Å². The Kier molecular flexibility index (Phi) is 5.32. The van der Waals surface area contributed by atoms with E-state index >= 15 is 0 Å². The van der Waals surface area contributed by atoms with Gasteiger partial charge in [-0.3, -0.25) is 13.9 Å². The fourth-order valence-corrected chi connectivity index (χ4v) is 4.95. The first-order chi connectivity index (χ1) is 16.3. The molecule has 6 nitrogen and oxygen atoms in total. The van der Waals surface area contributed by atoms with Crippen LogP contribution in [0.2, 0.25) is 0 Å². The van der Waals surface area contributed by atoms with Gasteiger partial charge in [-0.1, -0.05) is 36.4 Å². The zero-order valence-corrected chi connectivity index (χ0v) is 18.9. The number of aryl methyl sites for hydroxylation is 2. The summed E-state index contributed by atoms with van der Waals surface area (Å²) in [6.07, 6.45) is 1.68. The Morgan fingerprint density at radius 1 is 1.00 bits per heavy atom. The van der Waals surface area contributed by atoms with E-state index in [1.807, 2.05) is 61.1 Å². The molecule has 3 aromatic carbocycles. The van der Waals surface area contributed by atoms with Gasteiger partial charge in [-0.15, -0.1) is 0 Å². The first-order valence-corrected chi connectivity index (χ1v) is 11.1. The summed E-state index contributed by atoms with van der Waals surface area (Å²) in [5.41, 5.74) is 4.62. The van der Waals surface area contributed by atoms with Gasteiger partial charge < -0.3 is 9.67 Å². The summed E-state index contributed by atoms with van der Waals surface area (Å²) < 4.78 is 19.2. The van der Waals surface area contributed by atoms with Gasteiger partial charge in [-0.25, -0.2) is 9.18 Å². The molecule has 0 aliphatic carbocycles. The minimum Gasteiger partial charge on any atom is -0.481 e. The van der Waals surface area contributed by atoms with Gasteiger partial charge in [0.2, 0.25) is 0 Å². The van der Waals surface area contributed by atoms with E-state index < -0.39 is 17.8 Å². The topological polar surface area (TPSA) is 69.2 Å². The Bertz CT molecular complexity index is 1610. The highest BCUT2D eigenvalue weighted by molar-refractivity contribution is 5.87. The molecular weight excluding hydrogens is 433 g/mol. The second-order valence-corrected chi connectivity index (χ2v) is 8.63. The van der Waals surface area contributed by atoms with Crippen LogP contribution in [0.5, 0.6) is 0 Å². The molecule has 34 heavy (non-hydrogen) atoms. The number of aliphatic carboxylic acids is 1. The van der Waals surface area contributed by atoms with Crippen LogP contribution in [-0.2, 0) is 18.4 Å². The molecule has 2 aromatic heterocycles.